The molecule has 1 atom stereocenters. The highest BCUT2D eigenvalue weighted by molar-refractivity contribution is 7.09. The number of nitrogens with zero attached hydrogens (tertiary/aromatic N) is 4. The number of ether oxygens (including phenoxy) is 2. The Hall–Kier alpha value is -3.92. The van der Waals surface area contributed by atoms with E-state index in [9.17, 15) is 9.59 Å². The second kappa shape index (κ2) is 12.3. The molecule has 9 nitrogen and oxygen atoms in total. The van der Waals surface area contributed by atoms with Crippen LogP contribution in [0.2, 0.25) is 0 Å². The van der Waals surface area contributed by atoms with Gasteiger partial charge in [0.1, 0.15) is 29.6 Å². The molecule has 0 aliphatic heterocycles. The Bertz CT molecular complexity index is 1410. The van der Waals surface area contributed by atoms with Crippen LogP contribution >= 0.6 is 11.3 Å². The third-order valence-corrected chi connectivity index (χ3v) is 8.04. The van der Waals surface area contributed by atoms with E-state index in [1.807, 2.05) is 47.8 Å². The van der Waals surface area contributed by atoms with Crippen LogP contribution in [0.15, 0.2) is 60.0 Å². The molecule has 0 radical (unpaired) electrons. The lowest BCUT2D eigenvalue weighted by molar-refractivity contribution is -0.142. The third-order valence-electron chi connectivity index (χ3n) is 7.18. The quantitative estimate of drug-likeness (QED) is 0.308. The molecule has 2 amide bonds. The summed E-state index contributed by atoms with van der Waals surface area (Å²) in [5, 5.41) is 13.6. The fourth-order valence-corrected chi connectivity index (χ4v) is 5.87. The Labute approximate surface area is 231 Å². The number of fused-ring (bicyclic) bond motifs is 1. The first-order valence-electron chi connectivity index (χ1n) is 13.2. The number of hydrogen-bond acceptors (Lipinski definition) is 7. The van der Waals surface area contributed by atoms with Gasteiger partial charge in [-0.1, -0.05) is 42.7 Å². The number of methoxy groups -OCH3 is 2. The van der Waals surface area contributed by atoms with Crippen molar-refractivity contribution >= 4 is 34.2 Å². The maximum Gasteiger partial charge on any atom is 0.247 e. The number of amides is 2. The summed E-state index contributed by atoms with van der Waals surface area (Å²) in [6.45, 7) is 0.207. The number of carbonyl (C=O) groups is 2. The minimum absolute atomic E-state index is 0.0580. The van der Waals surface area contributed by atoms with Crippen molar-refractivity contribution in [1.82, 2.24) is 25.2 Å². The van der Waals surface area contributed by atoms with Gasteiger partial charge in [-0.15, -0.1) is 16.4 Å². The molecule has 2 aromatic carbocycles. The maximum absolute atomic E-state index is 14.1. The van der Waals surface area contributed by atoms with Crippen LogP contribution in [0.3, 0.4) is 0 Å². The highest BCUT2D eigenvalue weighted by Gasteiger charge is 2.35. The highest BCUT2D eigenvalue weighted by atomic mass is 32.1. The molecule has 0 saturated heterocycles. The van der Waals surface area contributed by atoms with Crippen molar-refractivity contribution in [3.8, 4) is 11.5 Å². The minimum Gasteiger partial charge on any atom is -0.497 e. The van der Waals surface area contributed by atoms with Gasteiger partial charge in [0.2, 0.25) is 11.8 Å². The van der Waals surface area contributed by atoms with E-state index in [0.717, 1.165) is 36.1 Å². The van der Waals surface area contributed by atoms with Crippen molar-refractivity contribution in [2.24, 2.45) is 0 Å². The number of nitrogens with one attached hydrogen (secondary N) is 1. The number of thiophene rings is 1. The minimum atomic E-state index is -0.919. The van der Waals surface area contributed by atoms with Crippen molar-refractivity contribution in [3.63, 3.8) is 0 Å². The molecule has 204 valence electrons. The van der Waals surface area contributed by atoms with E-state index in [-0.39, 0.29) is 30.9 Å². The molecule has 1 saturated carbocycles. The maximum atomic E-state index is 14.1. The number of carbonyl (C=O) groups excluding carboxylic acids is 2. The molecule has 1 aliphatic carbocycles. The lowest BCUT2D eigenvalue weighted by atomic mass is 9.94. The van der Waals surface area contributed by atoms with E-state index in [2.05, 4.69) is 15.6 Å². The summed E-state index contributed by atoms with van der Waals surface area (Å²) >= 11 is 1.54. The summed E-state index contributed by atoms with van der Waals surface area (Å²) in [6, 6.07) is 15.9. The third kappa shape index (κ3) is 6.06. The fraction of sp³-hybridized carbons (Fsp3) is 0.379. The molecule has 4 aromatic rings. The van der Waals surface area contributed by atoms with Gasteiger partial charge in [0, 0.05) is 22.5 Å². The molecule has 1 aliphatic rings. The Morgan fingerprint density at radius 3 is 2.64 bits per heavy atom. The number of aromatic nitrogens is 3. The van der Waals surface area contributed by atoms with Gasteiger partial charge >= 0.3 is 0 Å². The summed E-state index contributed by atoms with van der Waals surface area (Å²) in [5.74, 6) is 0.611. The summed E-state index contributed by atoms with van der Waals surface area (Å²) in [7, 11) is 3.14. The van der Waals surface area contributed by atoms with Crippen molar-refractivity contribution in [2.45, 2.75) is 57.3 Å². The zero-order chi connectivity index (χ0) is 27.2. The molecular formula is C29H33N5O4S. The smallest absolute Gasteiger partial charge is 0.247 e. The second-order valence-electron chi connectivity index (χ2n) is 9.69. The van der Waals surface area contributed by atoms with Crippen molar-refractivity contribution in [1.29, 1.82) is 0 Å². The van der Waals surface area contributed by atoms with Gasteiger partial charge in [0.05, 0.1) is 26.3 Å². The van der Waals surface area contributed by atoms with E-state index < -0.39 is 6.04 Å². The molecule has 10 heteroatoms. The molecule has 5 rings (SSSR count). The zero-order valence-corrected chi connectivity index (χ0v) is 23.0. The van der Waals surface area contributed by atoms with Crippen LogP contribution < -0.4 is 14.8 Å². The van der Waals surface area contributed by atoms with Gasteiger partial charge in [-0.25, -0.2) is 4.68 Å². The molecule has 1 fully saturated rings. The molecule has 39 heavy (non-hydrogen) atoms. The van der Waals surface area contributed by atoms with Crippen LogP contribution in [0.5, 0.6) is 11.5 Å². The average Bonchev–Trinajstić information content (AvgIpc) is 3.63. The molecule has 0 unspecified atom stereocenters. The summed E-state index contributed by atoms with van der Waals surface area (Å²) in [5.41, 5.74) is 2.06. The summed E-state index contributed by atoms with van der Waals surface area (Å²) in [4.78, 5) is 30.8. The van der Waals surface area contributed by atoms with Gasteiger partial charge in [0.15, 0.2) is 0 Å². The Morgan fingerprint density at radius 2 is 1.90 bits per heavy atom. The van der Waals surface area contributed by atoms with Crippen LogP contribution in [0.1, 0.15) is 48.6 Å². The van der Waals surface area contributed by atoms with Crippen LogP contribution in [0.4, 0.5) is 0 Å². The first-order chi connectivity index (χ1) is 19.1. The van der Waals surface area contributed by atoms with E-state index in [1.165, 1.54) is 6.42 Å². The second-order valence-corrected chi connectivity index (χ2v) is 10.7. The van der Waals surface area contributed by atoms with Crippen molar-refractivity contribution < 1.29 is 19.1 Å². The predicted molar refractivity (Wildman–Crippen MR) is 150 cm³/mol. The number of rotatable bonds is 10. The van der Waals surface area contributed by atoms with Gasteiger partial charge < -0.3 is 19.7 Å². The fourth-order valence-electron chi connectivity index (χ4n) is 5.17. The standard InChI is InChI=1S/C29H33N5O4S/c1-37-21-14-15-23(26(17-21)38-2)28(29(36)30-20-9-4-3-5-10-20)33(18-22-11-8-16-39-22)27(35)19-34-25-13-7-6-12-24(25)31-32-34/h6-8,11-17,20,28H,3-5,9-10,18-19H2,1-2H3,(H,30,36)/t28-/m0/s1. The SMILES string of the molecule is COc1ccc([C@@H](C(=O)NC2CCCCC2)N(Cc2cccs2)C(=O)Cn2nnc3ccccc32)c(OC)c1. The first kappa shape index (κ1) is 26.7. The zero-order valence-electron chi connectivity index (χ0n) is 22.2. The summed E-state index contributed by atoms with van der Waals surface area (Å²) < 4.78 is 12.7. The molecule has 1 N–H and O–H groups in total. The highest BCUT2D eigenvalue weighted by Crippen LogP contribution is 2.35. The Kier molecular flexibility index (Phi) is 8.41. The van der Waals surface area contributed by atoms with Crippen LogP contribution in [0, 0.1) is 0 Å². The molecule has 0 bridgehead atoms. The van der Waals surface area contributed by atoms with E-state index >= 15 is 0 Å². The van der Waals surface area contributed by atoms with Crippen molar-refractivity contribution in [2.75, 3.05) is 14.2 Å². The van der Waals surface area contributed by atoms with Crippen LogP contribution in [-0.2, 0) is 22.7 Å². The lowest BCUT2D eigenvalue weighted by Crippen LogP contribution is -2.47. The lowest BCUT2D eigenvalue weighted by Gasteiger charge is -2.34. The van der Waals surface area contributed by atoms with E-state index in [1.54, 1.807) is 47.3 Å². The molecular weight excluding hydrogens is 514 g/mol. The van der Waals surface area contributed by atoms with Crippen LogP contribution in [0.25, 0.3) is 11.0 Å². The van der Waals surface area contributed by atoms with Gasteiger partial charge in [0.25, 0.3) is 0 Å². The number of hydrogen-bond donors (Lipinski definition) is 1. The van der Waals surface area contributed by atoms with Crippen LogP contribution in [-0.4, -0.2) is 52.0 Å². The van der Waals surface area contributed by atoms with E-state index in [0.29, 0.717) is 22.6 Å². The normalized spacial score (nSPS) is 14.6. The number of para-hydroxylation sites is 1. The molecule has 0 spiro atoms. The van der Waals surface area contributed by atoms with Crippen molar-refractivity contribution in [3.05, 3.63) is 70.4 Å². The number of benzene rings is 2. The van der Waals surface area contributed by atoms with E-state index in [4.69, 9.17) is 9.47 Å². The Balaban J connectivity index is 1.55. The Morgan fingerprint density at radius 1 is 1.08 bits per heavy atom. The monoisotopic (exact) mass is 547 g/mol. The van der Waals surface area contributed by atoms with Gasteiger partial charge in [-0.2, -0.15) is 0 Å². The largest absolute Gasteiger partial charge is 0.497 e. The molecule has 2 heterocycles. The van der Waals surface area contributed by atoms with Gasteiger partial charge in [-0.3, -0.25) is 9.59 Å². The van der Waals surface area contributed by atoms with Gasteiger partial charge in [-0.05, 0) is 48.6 Å². The predicted octanol–water partition coefficient (Wildman–Crippen LogP) is 4.73. The first-order valence-corrected chi connectivity index (χ1v) is 14.1. The summed E-state index contributed by atoms with van der Waals surface area (Å²) in [6.07, 6.45) is 5.21. The topological polar surface area (TPSA) is 98.6 Å². The molecule has 2 aromatic heterocycles. The average molecular weight is 548 g/mol.